The van der Waals surface area contributed by atoms with Gasteiger partial charge in [0.1, 0.15) is 5.60 Å². The average Bonchev–Trinajstić information content (AvgIpc) is 1.59. The van der Waals surface area contributed by atoms with E-state index in [1.807, 2.05) is 0 Å². The number of esters is 1. The first-order valence-corrected chi connectivity index (χ1v) is 3.07. The molecule has 0 aliphatic heterocycles. The van der Waals surface area contributed by atoms with E-state index >= 15 is 0 Å². The van der Waals surface area contributed by atoms with Crippen molar-refractivity contribution in [2.24, 2.45) is 0 Å². The van der Waals surface area contributed by atoms with Gasteiger partial charge in [-0.3, -0.25) is 0 Å². The highest BCUT2D eigenvalue weighted by Gasteiger charge is 2.13. The molecule has 0 unspecified atom stereocenters. The van der Waals surface area contributed by atoms with E-state index in [1.165, 1.54) is 6.08 Å². The topological polar surface area (TPSA) is 26.3 Å². The van der Waals surface area contributed by atoms with Gasteiger partial charge in [0.15, 0.2) is 0 Å². The molecule has 0 aromatic carbocycles. The molecule has 2 radical (unpaired) electrons. The Balaban J connectivity index is 3.81. The van der Waals surface area contributed by atoms with E-state index in [0.717, 1.165) is 6.08 Å². The van der Waals surface area contributed by atoms with Crippen LogP contribution in [0.25, 0.3) is 0 Å². The van der Waals surface area contributed by atoms with Crippen molar-refractivity contribution in [3.63, 3.8) is 0 Å². The van der Waals surface area contributed by atoms with Crippen LogP contribution in [0.2, 0.25) is 0 Å². The van der Waals surface area contributed by atoms with E-state index in [-0.39, 0.29) is 0 Å². The Kier molecular flexibility index (Phi) is 3.13. The van der Waals surface area contributed by atoms with E-state index in [2.05, 4.69) is 0 Å². The van der Waals surface area contributed by atoms with Crippen LogP contribution in [0.1, 0.15) is 20.8 Å². The standard InChI is InChI=1S/C8H12O2/c1-5-6-7(9)10-8(2,3)4/h1,5-6H,2-4H3/b6-5+. The Morgan fingerprint density at radius 1 is 1.50 bits per heavy atom. The molecule has 0 fully saturated rings. The van der Waals surface area contributed by atoms with Gasteiger partial charge in [0.25, 0.3) is 0 Å². The lowest BCUT2D eigenvalue weighted by atomic mass is 10.2. The molecule has 0 aliphatic carbocycles. The summed E-state index contributed by atoms with van der Waals surface area (Å²) in [7, 11) is 0. The number of carbonyl (C=O) groups is 1. The van der Waals surface area contributed by atoms with Crippen LogP contribution in [0.15, 0.2) is 12.2 Å². The van der Waals surface area contributed by atoms with Gasteiger partial charge in [-0.1, -0.05) is 6.08 Å². The summed E-state index contributed by atoms with van der Waals surface area (Å²) in [5.74, 6) is -0.407. The summed E-state index contributed by atoms with van der Waals surface area (Å²) < 4.78 is 4.87. The number of allylic oxidation sites excluding steroid dienone is 1. The van der Waals surface area contributed by atoms with Crippen LogP contribution in [0.3, 0.4) is 0 Å². The number of rotatable bonds is 1. The third-order valence-electron chi connectivity index (χ3n) is 0.639. The lowest BCUT2D eigenvalue weighted by Gasteiger charge is -2.17. The summed E-state index contributed by atoms with van der Waals surface area (Å²) >= 11 is 0. The second-order valence-corrected chi connectivity index (χ2v) is 2.89. The zero-order valence-corrected chi connectivity index (χ0v) is 6.55. The Labute approximate surface area is 61.9 Å². The summed E-state index contributed by atoms with van der Waals surface area (Å²) in [5, 5.41) is 0. The van der Waals surface area contributed by atoms with Gasteiger partial charge in [-0.05, 0) is 27.7 Å². The van der Waals surface area contributed by atoms with Crippen molar-refractivity contribution in [1.29, 1.82) is 0 Å². The summed E-state index contributed by atoms with van der Waals surface area (Å²) in [5.41, 5.74) is -0.434. The van der Waals surface area contributed by atoms with Crippen LogP contribution in [0, 0.1) is 6.92 Å². The van der Waals surface area contributed by atoms with Gasteiger partial charge in [-0.25, -0.2) is 4.79 Å². The Morgan fingerprint density at radius 2 is 2.00 bits per heavy atom. The molecule has 56 valence electrons. The van der Waals surface area contributed by atoms with E-state index in [4.69, 9.17) is 11.7 Å². The SMILES string of the molecule is [CH]/C=C/C(=O)OC(C)(C)C. The third kappa shape index (κ3) is 5.35. The summed E-state index contributed by atoms with van der Waals surface area (Å²) in [6.07, 6.45) is 2.35. The van der Waals surface area contributed by atoms with Gasteiger partial charge in [-0.15, -0.1) is 0 Å². The molecular formula is C8H12O2. The maximum absolute atomic E-state index is 10.7. The summed E-state index contributed by atoms with van der Waals surface area (Å²) in [6.45, 7) is 10.4. The second-order valence-electron chi connectivity index (χ2n) is 2.89. The third-order valence-corrected chi connectivity index (χ3v) is 0.639. The van der Waals surface area contributed by atoms with Gasteiger partial charge < -0.3 is 4.74 Å². The molecule has 2 heteroatoms. The Hall–Kier alpha value is -0.790. The predicted molar refractivity (Wildman–Crippen MR) is 39.3 cm³/mol. The highest BCUT2D eigenvalue weighted by molar-refractivity contribution is 5.82. The molecular weight excluding hydrogens is 128 g/mol. The maximum Gasteiger partial charge on any atom is 0.330 e. The monoisotopic (exact) mass is 140 g/mol. The van der Waals surface area contributed by atoms with Gasteiger partial charge in [0.2, 0.25) is 0 Å². The molecule has 0 N–H and O–H groups in total. The van der Waals surface area contributed by atoms with Gasteiger partial charge >= 0.3 is 5.97 Å². The lowest BCUT2D eigenvalue weighted by molar-refractivity contribution is -0.148. The van der Waals surface area contributed by atoms with Gasteiger partial charge in [0, 0.05) is 6.08 Å². The summed E-state index contributed by atoms with van der Waals surface area (Å²) in [6, 6.07) is 0. The van der Waals surface area contributed by atoms with Crippen molar-refractivity contribution in [1.82, 2.24) is 0 Å². The number of carbonyl (C=O) groups excluding carboxylic acids is 1. The van der Waals surface area contributed by atoms with Crippen molar-refractivity contribution >= 4 is 5.97 Å². The highest BCUT2D eigenvalue weighted by Crippen LogP contribution is 2.06. The van der Waals surface area contributed by atoms with Crippen LogP contribution >= 0.6 is 0 Å². The van der Waals surface area contributed by atoms with Crippen LogP contribution in [0.4, 0.5) is 0 Å². The van der Waals surface area contributed by atoms with E-state index in [0.29, 0.717) is 0 Å². The quantitative estimate of drug-likeness (QED) is 0.408. The Morgan fingerprint density at radius 3 is 2.30 bits per heavy atom. The molecule has 0 spiro atoms. The number of hydrogen-bond acceptors (Lipinski definition) is 2. The van der Waals surface area contributed by atoms with Crippen molar-refractivity contribution < 1.29 is 9.53 Å². The minimum Gasteiger partial charge on any atom is -0.457 e. The first kappa shape index (κ1) is 9.21. The number of hydrogen-bond donors (Lipinski definition) is 0. The van der Waals surface area contributed by atoms with Crippen molar-refractivity contribution in [2.75, 3.05) is 0 Å². The molecule has 0 aromatic heterocycles. The smallest absolute Gasteiger partial charge is 0.330 e. The lowest BCUT2D eigenvalue weighted by Crippen LogP contribution is -2.22. The molecule has 0 aromatic rings. The van der Waals surface area contributed by atoms with Crippen LogP contribution < -0.4 is 0 Å². The summed E-state index contributed by atoms with van der Waals surface area (Å²) in [4.78, 5) is 10.7. The fourth-order valence-corrected chi connectivity index (χ4v) is 0.414. The van der Waals surface area contributed by atoms with E-state index in [1.54, 1.807) is 20.8 Å². The van der Waals surface area contributed by atoms with Gasteiger partial charge in [-0.2, -0.15) is 0 Å². The van der Waals surface area contributed by atoms with Crippen molar-refractivity contribution in [3.8, 4) is 0 Å². The molecule has 0 bridgehead atoms. The molecule has 0 amide bonds. The fourth-order valence-electron chi connectivity index (χ4n) is 0.414. The normalized spacial score (nSPS) is 12.0. The number of ether oxygens (including phenoxy) is 1. The second kappa shape index (κ2) is 3.40. The molecule has 10 heavy (non-hydrogen) atoms. The molecule has 2 nitrogen and oxygen atoms in total. The van der Waals surface area contributed by atoms with Gasteiger partial charge in [0.05, 0.1) is 0 Å². The zero-order chi connectivity index (χ0) is 8.20. The maximum atomic E-state index is 10.7. The minimum atomic E-state index is -0.434. The zero-order valence-electron chi connectivity index (χ0n) is 6.55. The van der Waals surface area contributed by atoms with Crippen molar-refractivity contribution in [2.45, 2.75) is 26.4 Å². The first-order chi connectivity index (χ1) is 4.45. The first-order valence-electron chi connectivity index (χ1n) is 3.07. The highest BCUT2D eigenvalue weighted by atomic mass is 16.6. The van der Waals surface area contributed by atoms with E-state index < -0.39 is 11.6 Å². The van der Waals surface area contributed by atoms with E-state index in [9.17, 15) is 4.79 Å². The van der Waals surface area contributed by atoms with Crippen LogP contribution in [0.5, 0.6) is 0 Å². The van der Waals surface area contributed by atoms with Crippen LogP contribution in [-0.2, 0) is 9.53 Å². The molecule has 0 aliphatic rings. The largest absolute Gasteiger partial charge is 0.457 e. The Bertz CT molecular complexity index is 140. The molecule has 0 saturated carbocycles. The van der Waals surface area contributed by atoms with Crippen LogP contribution in [-0.4, -0.2) is 11.6 Å². The fraction of sp³-hybridized carbons (Fsp3) is 0.500. The van der Waals surface area contributed by atoms with Crippen molar-refractivity contribution in [3.05, 3.63) is 19.1 Å². The molecule has 0 rings (SSSR count). The minimum absolute atomic E-state index is 0.407. The average molecular weight is 140 g/mol. The molecule has 0 atom stereocenters. The molecule has 0 heterocycles. The molecule has 0 saturated heterocycles. The predicted octanol–water partition coefficient (Wildman–Crippen LogP) is 1.60.